The monoisotopic (exact) mass is 362 g/mol. The van der Waals surface area contributed by atoms with Crippen LogP contribution in [0.5, 0.6) is 0 Å². The van der Waals surface area contributed by atoms with Crippen LogP contribution in [0, 0.1) is 0 Å². The minimum atomic E-state index is -0.209. The molecule has 1 aromatic rings. The Morgan fingerprint density at radius 3 is 1.54 bits per heavy atom. The summed E-state index contributed by atoms with van der Waals surface area (Å²) in [5.41, 5.74) is 0.637. The van der Waals surface area contributed by atoms with Gasteiger partial charge in [-0.2, -0.15) is 0 Å². The maximum Gasteiger partial charge on any atom is 0.338 e. The molecule has 148 valence electrons. The van der Waals surface area contributed by atoms with Crippen LogP contribution in [0.2, 0.25) is 0 Å². The summed E-state index contributed by atoms with van der Waals surface area (Å²) >= 11 is 0. The Bertz CT molecular complexity index is 430. The molecule has 0 saturated carbocycles. The molecule has 0 spiro atoms. The van der Waals surface area contributed by atoms with E-state index in [-0.39, 0.29) is 5.97 Å². The normalized spacial score (nSPS) is 10.8. The number of esters is 1. The first-order valence-electron chi connectivity index (χ1n) is 10.7. The van der Waals surface area contributed by atoms with Crippen LogP contribution in [-0.4, -0.2) is 24.3 Å². The third-order valence-corrected chi connectivity index (χ3v) is 4.80. The van der Waals surface area contributed by atoms with E-state index in [4.69, 9.17) is 9.84 Å². The Morgan fingerprint density at radius 2 is 1.08 bits per heavy atom. The van der Waals surface area contributed by atoms with E-state index in [1.54, 1.807) is 12.1 Å². The number of hydrogen-bond donors (Lipinski definition) is 1. The lowest BCUT2D eigenvalue weighted by molar-refractivity contribution is 0.0497. The predicted octanol–water partition coefficient (Wildman–Crippen LogP) is 6.30. The zero-order valence-electron chi connectivity index (χ0n) is 16.5. The molecule has 0 atom stereocenters. The molecule has 0 radical (unpaired) electrons. The van der Waals surface area contributed by atoms with E-state index < -0.39 is 0 Å². The summed E-state index contributed by atoms with van der Waals surface area (Å²) in [7, 11) is 0. The Morgan fingerprint density at radius 1 is 0.654 bits per heavy atom. The van der Waals surface area contributed by atoms with Crippen molar-refractivity contribution in [1.82, 2.24) is 0 Å². The molecule has 0 heterocycles. The molecular weight excluding hydrogens is 324 g/mol. The van der Waals surface area contributed by atoms with Crippen molar-refractivity contribution < 1.29 is 14.6 Å². The summed E-state index contributed by atoms with van der Waals surface area (Å²) in [6.45, 7) is 0.880. The van der Waals surface area contributed by atoms with Crippen LogP contribution in [-0.2, 0) is 4.74 Å². The van der Waals surface area contributed by atoms with Gasteiger partial charge in [-0.1, -0.05) is 95.2 Å². The quantitative estimate of drug-likeness (QED) is 0.261. The minimum absolute atomic E-state index is 0.209. The topological polar surface area (TPSA) is 46.5 Å². The molecule has 0 aliphatic heterocycles. The summed E-state index contributed by atoms with van der Waals surface area (Å²) in [6, 6.07) is 9.20. The van der Waals surface area contributed by atoms with Gasteiger partial charge in [0.25, 0.3) is 0 Å². The molecule has 1 rings (SSSR count). The van der Waals surface area contributed by atoms with Gasteiger partial charge in [0.1, 0.15) is 0 Å². The van der Waals surface area contributed by atoms with Crippen LogP contribution in [0.3, 0.4) is 0 Å². The Kier molecular flexibility index (Phi) is 14.9. The largest absolute Gasteiger partial charge is 0.462 e. The second kappa shape index (κ2) is 17.1. The first-order valence-corrected chi connectivity index (χ1v) is 10.7. The second-order valence-electron chi connectivity index (χ2n) is 7.18. The molecule has 3 nitrogen and oxygen atoms in total. The first kappa shape index (κ1) is 22.7. The van der Waals surface area contributed by atoms with Crippen molar-refractivity contribution in [1.29, 1.82) is 0 Å². The van der Waals surface area contributed by atoms with Crippen LogP contribution in [0.1, 0.15) is 100 Å². The number of benzene rings is 1. The fourth-order valence-electron chi connectivity index (χ4n) is 3.16. The van der Waals surface area contributed by atoms with E-state index in [0.29, 0.717) is 18.8 Å². The number of unbranched alkanes of at least 4 members (excludes halogenated alkanes) is 13. The van der Waals surface area contributed by atoms with Gasteiger partial charge in [0.15, 0.2) is 0 Å². The van der Waals surface area contributed by atoms with Crippen LogP contribution in [0.4, 0.5) is 0 Å². The fourth-order valence-corrected chi connectivity index (χ4v) is 3.16. The number of carbonyl (C=O) groups excluding carboxylic acids is 1. The van der Waals surface area contributed by atoms with Gasteiger partial charge in [-0.05, 0) is 25.0 Å². The lowest BCUT2D eigenvalue weighted by atomic mass is 10.0. The summed E-state index contributed by atoms with van der Waals surface area (Å²) < 4.78 is 5.29. The lowest BCUT2D eigenvalue weighted by Crippen LogP contribution is -2.06. The van der Waals surface area contributed by atoms with E-state index in [0.717, 1.165) is 19.3 Å². The molecule has 0 bridgehead atoms. The molecule has 0 aromatic heterocycles. The van der Waals surface area contributed by atoms with Gasteiger partial charge in [-0.25, -0.2) is 4.79 Å². The number of rotatable bonds is 17. The van der Waals surface area contributed by atoms with Crippen molar-refractivity contribution in [2.24, 2.45) is 0 Å². The van der Waals surface area contributed by atoms with Gasteiger partial charge in [0.05, 0.1) is 12.2 Å². The average molecular weight is 363 g/mol. The average Bonchev–Trinajstić information content (AvgIpc) is 2.68. The molecule has 1 aromatic carbocycles. The molecule has 0 saturated heterocycles. The predicted molar refractivity (Wildman–Crippen MR) is 108 cm³/mol. The van der Waals surface area contributed by atoms with Gasteiger partial charge < -0.3 is 9.84 Å². The third-order valence-electron chi connectivity index (χ3n) is 4.80. The minimum Gasteiger partial charge on any atom is -0.462 e. The highest BCUT2D eigenvalue weighted by Crippen LogP contribution is 2.13. The van der Waals surface area contributed by atoms with Crippen LogP contribution >= 0.6 is 0 Å². The van der Waals surface area contributed by atoms with Crippen molar-refractivity contribution in [2.45, 2.75) is 89.9 Å². The maximum atomic E-state index is 11.8. The SMILES string of the molecule is O=C(OCCCCCCCCCCCCCCCCO)c1ccccc1. The molecule has 0 amide bonds. The fraction of sp³-hybridized carbons (Fsp3) is 0.696. The van der Waals surface area contributed by atoms with Crippen molar-refractivity contribution in [3.05, 3.63) is 35.9 Å². The van der Waals surface area contributed by atoms with E-state index in [1.165, 1.54) is 70.6 Å². The molecule has 0 unspecified atom stereocenters. The van der Waals surface area contributed by atoms with Crippen molar-refractivity contribution in [2.75, 3.05) is 13.2 Å². The van der Waals surface area contributed by atoms with Crippen molar-refractivity contribution in [3.8, 4) is 0 Å². The van der Waals surface area contributed by atoms with Gasteiger partial charge in [0, 0.05) is 6.61 Å². The third kappa shape index (κ3) is 12.9. The standard InChI is InChI=1S/C23H38O3/c24-20-16-11-9-7-5-3-1-2-4-6-8-10-12-17-21-26-23(25)22-18-14-13-15-19-22/h13-15,18-19,24H,1-12,16-17,20-21H2. The summed E-state index contributed by atoms with van der Waals surface area (Å²) in [5, 5.41) is 8.72. The highest BCUT2D eigenvalue weighted by molar-refractivity contribution is 5.89. The van der Waals surface area contributed by atoms with Gasteiger partial charge in [-0.3, -0.25) is 0 Å². The van der Waals surface area contributed by atoms with E-state index in [1.807, 2.05) is 18.2 Å². The first-order chi connectivity index (χ1) is 12.8. The molecule has 0 aliphatic carbocycles. The number of ether oxygens (including phenoxy) is 1. The Labute approximate surface area is 160 Å². The maximum absolute atomic E-state index is 11.8. The van der Waals surface area contributed by atoms with Crippen LogP contribution in [0.25, 0.3) is 0 Å². The zero-order chi connectivity index (χ0) is 18.7. The van der Waals surface area contributed by atoms with E-state index in [9.17, 15) is 4.79 Å². The van der Waals surface area contributed by atoms with E-state index in [2.05, 4.69) is 0 Å². The summed E-state index contributed by atoms with van der Waals surface area (Å²) in [6.07, 6.45) is 17.6. The Balaban J connectivity index is 1.76. The van der Waals surface area contributed by atoms with Crippen LogP contribution < -0.4 is 0 Å². The number of carbonyl (C=O) groups is 1. The molecule has 0 fully saturated rings. The smallest absolute Gasteiger partial charge is 0.338 e. The van der Waals surface area contributed by atoms with E-state index >= 15 is 0 Å². The number of aliphatic hydroxyl groups excluding tert-OH is 1. The second-order valence-corrected chi connectivity index (χ2v) is 7.18. The molecule has 26 heavy (non-hydrogen) atoms. The van der Waals surface area contributed by atoms with Crippen LogP contribution in [0.15, 0.2) is 30.3 Å². The molecular formula is C23H38O3. The number of hydrogen-bond acceptors (Lipinski definition) is 3. The summed E-state index contributed by atoms with van der Waals surface area (Å²) in [5.74, 6) is -0.209. The summed E-state index contributed by atoms with van der Waals surface area (Å²) in [4.78, 5) is 11.8. The molecule has 1 N–H and O–H groups in total. The van der Waals surface area contributed by atoms with Crippen molar-refractivity contribution in [3.63, 3.8) is 0 Å². The lowest BCUT2D eigenvalue weighted by Gasteiger charge is -2.05. The van der Waals surface area contributed by atoms with Gasteiger partial charge in [0.2, 0.25) is 0 Å². The number of aliphatic hydroxyl groups is 1. The highest BCUT2D eigenvalue weighted by atomic mass is 16.5. The molecule has 3 heteroatoms. The van der Waals surface area contributed by atoms with Gasteiger partial charge >= 0.3 is 5.97 Å². The Hall–Kier alpha value is -1.35. The highest BCUT2D eigenvalue weighted by Gasteiger charge is 2.04. The molecule has 0 aliphatic rings. The van der Waals surface area contributed by atoms with Crippen molar-refractivity contribution >= 4 is 5.97 Å². The van der Waals surface area contributed by atoms with Gasteiger partial charge in [-0.15, -0.1) is 0 Å². The zero-order valence-corrected chi connectivity index (χ0v) is 16.5.